The number of rotatable bonds is 34. The Morgan fingerprint density at radius 2 is 1.09 bits per heavy atom. The smallest absolute Gasteiger partial charge is 0.362 e. The average Bonchev–Trinajstić information content (AvgIpc) is 3.11. The first-order valence-corrected chi connectivity index (χ1v) is 20.2. The summed E-state index contributed by atoms with van der Waals surface area (Å²) in [6.45, 7) is 4.39. The lowest BCUT2D eigenvalue weighted by Gasteiger charge is -2.31. The van der Waals surface area contributed by atoms with Crippen molar-refractivity contribution < 1.29 is 38.2 Å². The van der Waals surface area contributed by atoms with Gasteiger partial charge in [0.25, 0.3) is 0 Å². The first-order valence-electron chi connectivity index (χ1n) is 20.2. The summed E-state index contributed by atoms with van der Waals surface area (Å²) in [6.07, 6.45) is 44.8. The minimum Gasteiger partial charge on any atom is -0.477 e. The van der Waals surface area contributed by atoms with Gasteiger partial charge in [0.2, 0.25) is 0 Å². The van der Waals surface area contributed by atoms with Crippen LogP contribution in [0.1, 0.15) is 129 Å². The van der Waals surface area contributed by atoms with Crippen molar-refractivity contribution in [1.29, 1.82) is 0 Å². The number of carboxylic acid groups (broad SMARTS) is 1. The monoisotopic (exact) mass is 741 g/mol. The Kier molecular flexibility index (Phi) is 33.2. The molecule has 0 saturated heterocycles. The third-order valence-corrected chi connectivity index (χ3v) is 8.38. The molecule has 0 aliphatic rings. The van der Waals surface area contributed by atoms with Crippen molar-refractivity contribution in [3.05, 3.63) is 85.1 Å². The number of hydrogen-bond donors (Lipinski definition) is 1. The highest BCUT2D eigenvalue weighted by Crippen LogP contribution is 2.12. The van der Waals surface area contributed by atoms with Crippen molar-refractivity contribution in [1.82, 2.24) is 0 Å². The number of carbonyl (C=O) groups is 3. The summed E-state index contributed by atoms with van der Waals surface area (Å²) in [7, 11) is 5.49. The zero-order valence-electron chi connectivity index (χ0n) is 33.9. The molecule has 0 aliphatic carbocycles. The van der Waals surface area contributed by atoms with E-state index in [0.717, 1.165) is 77.0 Å². The van der Waals surface area contributed by atoms with Crippen LogP contribution >= 0.6 is 0 Å². The molecule has 0 aromatic rings. The second kappa shape index (κ2) is 35.5. The SMILES string of the molecule is CC/C=C/C=C/C=C/C=C/CCCCCC(=O)OC(COCCC(C(=O)O)[N+](C)(C)C)COC(=O)CCCCCCCC/C=C/C/C=C/C/C=C/CC. The molecule has 300 valence electrons. The van der Waals surface area contributed by atoms with Crippen molar-refractivity contribution in [2.24, 2.45) is 0 Å². The molecule has 8 nitrogen and oxygen atoms in total. The number of quaternary nitrogens is 1. The molecule has 0 bridgehead atoms. The lowest BCUT2D eigenvalue weighted by molar-refractivity contribution is -0.887. The lowest BCUT2D eigenvalue weighted by atomic mass is 10.1. The maximum atomic E-state index is 12.7. The van der Waals surface area contributed by atoms with E-state index in [0.29, 0.717) is 19.3 Å². The molecular formula is C45H74NO7+. The number of nitrogens with zero attached hydrogens (tertiary/aromatic N) is 1. The van der Waals surface area contributed by atoms with Crippen molar-refractivity contribution in [3.63, 3.8) is 0 Å². The number of unbranched alkanes of at least 4 members (excludes halogenated alkanes) is 9. The average molecular weight is 741 g/mol. The number of allylic oxidation sites excluding steroid dienone is 14. The van der Waals surface area contributed by atoms with E-state index in [-0.39, 0.29) is 42.7 Å². The van der Waals surface area contributed by atoms with Crippen LogP contribution in [0.2, 0.25) is 0 Å². The van der Waals surface area contributed by atoms with E-state index >= 15 is 0 Å². The standard InChI is InChI=1S/C45H73NO7/c1-6-8-10-12-14-16-18-20-21-22-24-25-27-29-31-33-35-43(47)52-40-41(39-51-38-37-42(45(49)50)46(3,4)5)53-44(48)36-34-32-30-28-26-23-19-17-15-13-11-9-7-2/h8-11,13-17,19-21,23,26,41-42H,6-7,12,18,22,24-25,27-40H2,1-5H3/p+1/b10-8+,11-9+,15-13+,16-14+,19-17+,21-20+,26-23+. The van der Waals surface area contributed by atoms with Gasteiger partial charge in [0.1, 0.15) is 6.61 Å². The predicted octanol–water partition coefficient (Wildman–Crippen LogP) is 10.6. The highest BCUT2D eigenvalue weighted by molar-refractivity contribution is 5.72. The number of carbonyl (C=O) groups excluding carboxylic acids is 2. The second-order valence-electron chi connectivity index (χ2n) is 14.2. The molecule has 0 spiro atoms. The van der Waals surface area contributed by atoms with Crippen LogP contribution in [0.4, 0.5) is 0 Å². The van der Waals surface area contributed by atoms with Gasteiger partial charge in [-0.25, -0.2) is 4.79 Å². The number of hydrogen-bond acceptors (Lipinski definition) is 6. The minimum atomic E-state index is -0.889. The molecule has 2 unspecified atom stereocenters. The van der Waals surface area contributed by atoms with E-state index in [1.165, 1.54) is 12.8 Å². The third-order valence-electron chi connectivity index (χ3n) is 8.38. The Morgan fingerprint density at radius 3 is 1.72 bits per heavy atom. The van der Waals surface area contributed by atoms with Gasteiger partial charge in [-0.3, -0.25) is 9.59 Å². The number of aliphatic carboxylic acids is 1. The van der Waals surface area contributed by atoms with Crippen LogP contribution in [0.3, 0.4) is 0 Å². The maximum Gasteiger partial charge on any atom is 0.362 e. The van der Waals surface area contributed by atoms with Crippen molar-refractivity contribution >= 4 is 17.9 Å². The molecule has 2 atom stereocenters. The molecule has 1 N–H and O–H groups in total. The van der Waals surface area contributed by atoms with Crippen molar-refractivity contribution in [3.8, 4) is 0 Å². The fourth-order valence-corrected chi connectivity index (χ4v) is 5.29. The Hall–Kier alpha value is -3.49. The van der Waals surface area contributed by atoms with Gasteiger partial charge in [-0.1, -0.05) is 131 Å². The van der Waals surface area contributed by atoms with E-state index in [1.54, 1.807) is 0 Å². The Balaban J connectivity index is 4.48. The lowest BCUT2D eigenvalue weighted by Crippen LogP contribution is -2.50. The predicted molar refractivity (Wildman–Crippen MR) is 220 cm³/mol. The number of carboxylic acids is 1. The zero-order chi connectivity index (χ0) is 39.3. The number of ether oxygens (including phenoxy) is 3. The molecular weight excluding hydrogens is 666 g/mol. The van der Waals surface area contributed by atoms with Gasteiger partial charge < -0.3 is 23.8 Å². The minimum absolute atomic E-state index is 0.0351. The first-order chi connectivity index (χ1) is 25.6. The molecule has 0 amide bonds. The van der Waals surface area contributed by atoms with E-state index in [9.17, 15) is 19.5 Å². The van der Waals surface area contributed by atoms with E-state index in [1.807, 2.05) is 57.6 Å². The molecule has 53 heavy (non-hydrogen) atoms. The summed E-state index contributed by atoms with van der Waals surface area (Å²) in [5, 5.41) is 9.60. The van der Waals surface area contributed by atoms with E-state index in [2.05, 4.69) is 62.5 Å². The Bertz CT molecular complexity index is 1140. The number of esters is 2. The molecule has 0 heterocycles. The van der Waals surface area contributed by atoms with Crippen LogP contribution in [0.25, 0.3) is 0 Å². The van der Waals surface area contributed by atoms with Crippen LogP contribution in [-0.2, 0) is 28.6 Å². The quantitative estimate of drug-likeness (QED) is 0.0230. The maximum absolute atomic E-state index is 12.7. The van der Waals surface area contributed by atoms with Crippen molar-refractivity contribution in [2.75, 3.05) is 41.0 Å². The Morgan fingerprint density at radius 1 is 0.585 bits per heavy atom. The molecule has 0 aromatic carbocycles. The molecule has 0 aliphatic heterocycles. The normalized spacial score (nSPS) is 13.9. The summed E-state index contributed by atoms with van der Waals surface area (Å²) in [5.74, 6) is -1.55. The van der Waals surface area contributed by atoms with Crippen LogP contribution < -0.4 is 0 Å². The third kappa shape index (κ3) is 34.1. The summed E-state index contributed by atoms with van der Waals surface area (Å²) in [6, 6.07) is -0.628. The second-order valence-corrected chi connectivity index (χ2v) is 14.2. The van der Waals surface area contributed by atoms with Gasteiger partial charge in [0.15, 0.2) is 12.1 Å². The van der Waals surface area contributed by atoms with Crippen LogP contribution in [0.5, 0.6) is 0 Å². The highest BCUT2D eigenvalue weighted by Gasteiger charge is 2.31. The molecule has 0 fully saturated rings. The topological polar surface area (TPSA) is 99.1 Å². The molecule has 0 aromatic heterocycles. The van der Waals surface area contributed by atoms with E-state index < -0.39 is 18.1 Å². The summed E-state index contributed by atoms with van der Waals surface area (Å²) >= 11 is 0. The highest BCUT2D eigenvalue weighted by atomic mass is 16.6. The van der Waals surface area contributed by atoms with Crippen LogP contribution in [0, 0.1) is 0 Å². The van der Waals surface area contributed by atoms with Gasteiger partial charge >= 0.3 is 17.9 Å². The van der Waals surface area contributed by atoms with Crippen molar-refractivity contribution in [2.45, 2.75) is 142 Å². The van der Waals surface area contributed by atoms with Crippen LogP contribution in [-0.4, -0.2) is 80.6 Å². The summed E-state index contributed by atoms with van der Waals surface area (Å²) in [5.41, 5.74) is 0. The van der Waals surface area contributed by atoms with Gasteiger partial charge in [0.05, 0.1) is 34.4 Å². The fraction of sp³-hybridized carbons (Fsp3) is 0.622. The van der Waals surface area contributed by atoms with Gasteiger partial charge in [-0.05, 0) is 64.2 Å². The van der Waals surface area contributed by atoms with Crippen LogP contribution in [0.15, 0.2) is 85.1 Å². The Labute approximate surface area is 323 Å². The van der Waals surface area contributed by atoms with E-state index in [4.69, 9.17) is 14.2 Å². The summed E-state index contributed by atoms with van der Waals surface area (Å²) in [4.78, 5) is 36.9. The fourth-order valence-electron chi connectivity index (χ4n) is 5.29. The van der Waals surface area contributed by atoms with Gasteiger partial charge in [-0.2, -0.15) is 0 Å². The van der Waals surface area contributed by atoms with Gasteiger partial charge in [0, 0.05) is 19.3 Å². The molecule has 8 heteroatoms. The largest absolute Gasteiger partial charge is 0.477 e. The molecule has 0 rings (SSSR count). The molecule has 0 radical (unpaired) electrons. The summed E-state index contributed by atoms with van der Waals surface area (Å²) < 4.78 is 17.2. The van der Waals surface area contributed by atoms with Gasteiger partial charge in [-0.15, -0.1) is 0 Å². The molecule has 0 saturated carbocycles. The number of likely N-dealkylation sites (N-methyl/N-ethyl adjacent to an activating group) is 1. The first kappa shape index (κ1) is 49.5. The zero-order valence-corrected chi connectivity index (χ0v) is 33.9.